The highest BCUT2D eigenvalue weighted by molar-refractivity contribution is 5.86. The van der Waals surface area contributed by atoms with Crippen molar-refractivity contribution in [2.75, 3.05) is 19.6 Å². The molecule has 0 bridgehead atoms. The van der Waals surface area contributed by atoms with Crippen molar-refractivity contribution in [3.8, 4) is 0 Å². The number of carboxylic acids is 1. The largest absolute Gasteiger partial charge is 0.478 e. The van der Waals surface area contributed by atoms with Gasteiger partial charge in [-0.15, -0.1) is 0 Å². The number of nitrogens with zero attached hydrogens (tertiary/aromatic N) is 1. The van der Waals surface area contributed by atoms with Crippen LogP contribution in [0, 0.1) is 5.41 Å². The predicted molar refractivity (Wildman–Crippen MR) is 74.7 cm³/mol. The molecule has 1 rings (SSSR count). The maximum Gasteiger partial charge on any atom is 0.331 e. The first kappa shape index (κ1) is 15.2. The third kappa shape index (κ3) is 3.84. The molecular formula is C15H27NO2. The van der Waals surface area contributed by atoms with Crippen molar-refractivity contribution in [3.05, 3.63) is 11.6 Å². The first-order valence-electron chi connectivity index (χ1n) is 7.21. The Morgan fingerprint density at radius 2 is 1.78 bits per heavy atom. The normalized spacial score (nSPS) is 20.9. The van der Waals surface area contributed by atoms with Crippen molar-refractivity contribution in [2.24, 2.45) is 5.41 Å². The van der Waals surface area contributed by atoms with Crippen LogP contribution in [0.2, 0.25) is 0 Å². The molecule has 1 N–H and O–H groups in total. The lowest BCUT2D eigenvalue weighted by molar-refractivity contribution is -0.132. The lowest BCUT2D eigenvalue weighted by Gasteiger charge is -2.40. The minimum Gasteiger partial charge on any atom is -0.478 e. The highest BCUT2D eigenvalue weighted by Gasteiger charge is 2.30. The van der Waals surface area contributed by atoms with E-state index in [0.29, 0.717) is 17.4 Å². The van der Waals surface area contributed by atoms with Crippen LogP contribution in [0.25, 0.3) is 0 Å². The van der Waals surface area contributed by atoms with E-state index in [1.54, 1.807) is 0 Å². The number of likely N-dealkylation sites (tertiary alicyclic amines) is 1. The number of aliphatic carboxylic acids is 1. The predicted octanol–water partition coefficient (Wildman–Crippen LogP) is 3.31. The van der Waals surface area contributed by atoms with Gasteiger partial charge in [-0.25, -0.2) is 4.79 Å². The van der Waals surface area contributed by atoms with E-state index in [4.69, 9.17) is 5.11 Å². The summed E-state index contributed by atoms with van der Waals surface area (Å²) in [6.07, 6.45) is 7.53. The number of hydrogen-bond acceptors (Lipinski definition) is 2. The Morgan fingerprint density at radius 1 is 1.22 bits per heavy atom. The van der Waals surface area contributed by atoms with Gasteiger partial charge in [0, 0.05) is 12.1 Å². The molecule has 0 amide bonds. The van der Waals surface area contributed by atoms with Crippen molar-refractivity contribution < 1.29 is 9.90 Å². The molecule has 0 radical (unpaired) electrons. The number of rotatable bonds is 6. The Labute approximate surface area is 111 Å². The molecule has 1 aliphatic rings. The third-order valence-corrected chi connectivity index (χ3v) is 4.67. The van der Waals surface area contributed by atoms with Crippen LogP contribution in [0.3, 0.4) is 0 Å². The first-order chi connectivity index (χ1) is 8.56. The van der Waals surface area contributed by atoms with Crippen LogP contribution >= 0.6 is 0 Å². The Balaban J connectivity index is 2.47. The highest BCUT2D eigenvalue weighted by Crippen LogP contribution is 2.37. The van der Waals surface area contributed by atoms with E-state index in [-0.39, 0.29) is 0 Å². The molecule has 1 aliphatic heterocycles. The zero-order valence-electron chi connectivity index (χ0n) is 12.0. The minimum absolute atomic E-state index is 0.540. The SMILES string of the molecule is CCC(=CCN1CCC(CC)(CC)CC1)C(=O)O. The summed E-state index contributed by atoms with van der Waals surface area (Å²) in [5.74, 6) is -0.772. The van der Waals surface area contributed by atoms with Crippen LogP contribution < -0.4 is 0 Å². The smallest absolute Gasteiger partial charge is 0.331 e. The van der Waals surface area contributed by atoms with Gasteiger partial charge in [-0.2, -0.15) is 0 Å². The van der Waals surface area contributed by atoms with Crippen molar-refractivity contribution in [3.63, 3.8) is 0 Å². The van der Waals surface area contributed by atoms with Gasteiger partial charge in [-0.05, 0) is 37.8 Å². The molecule has 104 valence electrons. The first-order valence-corrected chi connectivity index (χ1v) is 7.21. The Bertz CT molecular complexity index is 296. The molecule has 0 aromatic heterocycles. The van der Waals surface area contributed by atoms with Crippen LogP contribution in [0.4, 0.5) is 0 Å². The van der Waals surface area contributed by atoms with E-state index in [9.17, 15) is 4.79 Å². The van der Waals surface area contributed by atoms with Crippen LogP contribution in [0.15, 0.2) is 11.6 Å². The summed E-state index contributed by atoms with van der Waals surface area (Å²) >= 11 is 0. The fourth-order valence-electron chi connectivity index (χ4n) is 2.79. The zero-order chi connectivity index (χ0) is 13.6. The Kier molecular flexibility index (Phi) is 5.86. The molecule has 0 spiro atoms. The summed E-state index contributed by atoms with van der Waals surface area (Å²) in [5.41, 5.74) is 1.08. The molecule has 1 heterocycles. The third-order valence-electron chi connectivity index (χ3n) is 4.67. The molecule has 0 aliphatic carbocycles. The monoisotopic (exact) mass is 253 g/mol. The van der Waals surface area contributed by atoms with E-state index in [1.165, 1.54) is 25.7 Å². The van der Waals surface area contributed by atoms with E-state index >= 15 is 0 Å². The van der Waals surface area contributed by atoms with Crippen molar-refractivity contribution in [1.29, 1.82) is 0 Å². The maximum atomic E-state index is 10.9. The fraction of sp³-hybridized carbons (Fsp3) is 0.800. The second kappa shape index (κ2) is 6.93. The van der Waals surface area contributed by atoms with E-state index in [2.05, 4.69) is 18.7 Å². The molecule has 1 saturated heterocycles. The fourth-order valence-corrected chi connectivity index (χ4v) is 2.79. The van der Waals surface area contributed by atoms with E-state index in [1.807, 2.05) is 13.0 Å². The molecule has 0 aromatic rings. The minimum atomic E-state index is -0.772. The number of piperidine rings is 1. The number of hydrogen-bond donors (Lipinski definition) is 1. The van der Waals surface area contributed by atoms with Crippen molar-refractivity contribution in [1.82, 2.24) is 4.90 Å². The average molecular weight is 253 g/mol. The quantitative estimate of drug-likeness (QED) is 0.738. The second-order valence-corrected chi connectivity index (χ2v) is 5.40. The lowest BCUT2D eigenvalue weighted by Crippen LogP contribution is -2.39. The molecular weight excluding hydrogens is 226 g/mol. The lowest BCUT2D eigenvalue weighted by atomic mass is 9.74. The van der Waals surface area contributed by atoms with E-state index in [0.717, 1.165) is 19.6 Å². The summed E-state index contributed by atoms with van der Waals surface area (Å²) in [7, 11) is 0. The Morgan fingerprint density at radius 3 is 2.17 bits per heavy atom. The van der Waals surface area contributed by atoms with Gasteiger partial charge in [-0.3, -0.25) is 4.90 Å². The molecule has 3 nitrogen and oxygen atoms in total. The van der Waals surface area contributed by atoms with Gasteiger partial charge >= 0.3 is 5.97 Å². The Hall–Kier alpha value is -0.830. The highest BCUT2D eigenvalue weighted by atomic mass is 16.4. The number of carbonyl (C=O) groups is 1. The maximum absolute atomic E-state index is 10.9. The molecule has 3 heteroatoms. The number of carboxylic acid groups (broad SMARTS) is 1. The second-order valence-electron chi connectivity index (χ2n) is 5.40. The average Bonchev–Trinajstić information content (AvgIpc) is 2.40. The molecule has 0 atom stereocenters. The summed E-state index contributed by atoms with van der Waals surface area (Å²) in [5, 5.41) is 8.98. The summed E-state index contributed by atoms with van der Waals surface area (Å²) in [4.78, 5) is 13.3. The topological polar surface area (TPSA) is 40.5 Å². The molecule has 0 saturated carbocycles. The van der Waals surface area contributed by atoms with E-state index < -0.39 is 5.97 Å². The zero-order valence-corrected chi connectivity index (χ0v) is 12.0. The van der Waals surface area contributed by atoms with Gasteiger partial charge in [0.05, 0.1) is 0 Å². The molecule has 0 aromatic carbocycles. The summed E-state index contributed by atoms with van der Waals surface area (Å²) in [6, 6.07) is 0. The van der Waals surface area contributed by atoms with Crippen molar-refractivity contribution in [2.45, 2.75) is 52.9 Å². The van der Waals surface area contributed by atoms with Crippen LogP contribution in [0.1, 0.15) is 52.9 Å². The molecule has 18 heavy (non-hydrogen) atoms. The molecule has 0 unspecified atom stereocenters. The van der Waals surface area contributed by atoms with Crippen LogP contribution in [-0.2, 0) is 4.79 Å². The van der Waals surface area contributed by atoms with Gasteiger partial charge in [0.25, 0.3) is 0 Å². The van der Waals surface area contributed by atoms with Crippen LogP contribution in [0.5, 0.6) is 0 Å². The van der Waals surface area contributed by atoms with Crippen molar-refractivity contribution >= 4 is 5.97 Å². The van der Waals surface area contributed by atoms with Gasteiger partial charge in [-0.1, -0.05) is 39.7 Å². The van der Waals surface area contributed by atoms with Gasteiger partial charge in [0.15, 0.2) is 0 Å². The van der Waals surface area contributed by atoms with Gasteiger partial charge in [0.1, 0.15) is 0 Å². The van der Waals surface area contributed by atoms with Gasteiger partial charge < -0.3 is 5.11 Å². The summed E-state index contributed by atoms with van der Waals surface area (Å²) < 4.78 is 0. The summed E-state index contributed by atoms with van der Waals surface area (Å²) in [6.45, 7) is 9.48. The molecule has 1 fully saturated rings. The van der Waals surface area contributed by atoms with Gasteiger partial charge in [0.2, 0.25) is 0 Å². The van der Waals surface area contributed by atoms with Crippen LogP contribution in [-0.4, -0.2) is 35.6 Å². The standard InChI is InChI=1S/C15H27NO2/c1-4-13(14(17)18)7-10-16-11-8-15(5-2,6-3)9-12-16/h7H,4-6,8-12H2,1-3H3,(H,17,18).